The fraction of sp³-hybridized carbons (Fsp3) is 0.333. The number of carboxylic acids is 1. The van der Waals surface area contributed by atoms with Gasteiger partial charge in [-0.3, -0.25) is 14.2 Å². The average molecular weight is 594 g/mol. The lowest BCUT2D eigenvalue weighted by atomic mass is 9.89. The van der Waals surface area contributed by atoms with Gasteiger partial charge in [-0.05, 0) is 66.5 Å². The Morgan fingerprint density at radius 3 is 2.70 bits per heavy atom. The summed E-state index contributed by atoms with van der Waals surface area (Å²) >= 11 is 9.17. The molecule has 10 heteroatoms. The molecule has 206 valence electrons. The molecule has 0 fully saturated rings. The number of rotatable bonds is 5. The average Bonchev–Trinajstić information content (AvgIpc) is 3.30. The molecule has 2 aromatic heterocycles. The van der Waals surface area contributed by atoms with E-state index in [9.17, 15) is 19.5 Å². The van der Waals surface area contributed by atoms with Crippen LogP contribution in [-0.2, 0) is 35.4 Å². The van der Waals surface area contributed by atoms with Crippen molar-refractivity contribution in [1.82, 2.24) is 14.5 Å². The van der Waals surface area contributed by atoms with Crippen LogP contribution in [0.4, 0.5) is 0 Å². The van der Waals surface area contributed by atoms with Crippen LogP contribution < -0.4 is 5.56 Å². The maximum atomic E-state index is 14.1. The number of carboxylic acid groups (broad SMARTS) is 1. The van der Waals surface area contributed by atoms with Gasteiger partial charge in [-0.15, -0.1) is 11.3 Å². The highest BCUT2D eigenvalue weighted by molar-refractivity contribution is 7.99. The number of fused-ring (bicyclic) bond motifs is 4. The Hall–Kier alpha value is -3.14. The van der Waals surface area contributed by atoms with E-state index in [1.807, 2.05) is 43.3 Å². The lowest BCUT2D eigenvalue weighted by Crippen LogP contribution is -2.49. The van der Waals surface area contributed by atoms with Gasteiger partial charge in [0.25, 0.3) is 5.56 Å². The van der Waals surface area contributed by atoms with Gasteiger partial charge in [-0.25, -0.2) is 9.78 Å². The monoisotopic (exact) mass is 593 g/mol. The van der Waals surface area contributed by atoms with Crippen LogP contribution in [-0.4, -0.2) is 43.2 Å². The Bertz CT molecular complexity index is 1730. The molecular weight excluding hydrogens is 566 g/mol. The number of carbonyl (C=O) groups is 2. The minimum absolute atomic E-state index is 0.0500. The number of benzene rings is 2. The number of hydrogen-bond donors (Lipinski definition) is 1. The van der Waals surface area contributed by atoms with Crippen molar-refractivity contribution in [3.05, 3.63) is 85.0 Å². The number of aryl methyl sites for hydroxylation is 2. The maximum Gasteiger partial charge on any atom is 0.326 e. The van der Waals surface area contributed by atoms with Crippen LogP contribution in [0.15, 0.2) is 52.4 Å². The van der Waals surface area contributed by atoms with Crippen molar-refractivity contribution in [2.75, 3.05) is 5.75 Å². The number of amides is 1. The van der Waals surface area contributed by atoms with Crippen LogP contribution in [0.1, 0.15) is 40.5 Å². The molecule has 40 heavy (non-hydrogen) atoms. The van der Waals surface area contributed by atoms with Crippen LogP contribution in [0, 0.1) is 12.8 Å². The van der Waals surface area contributed by atoms with Gasteiger partial charge in [-0.2, -0.15) is 0 Å². The summed E-state index contributed by atoms with van der Waals surface area (Å²) < 4.78 is 1.55. The molecule has 0 saturated heterocycles. The summed E-state index contributed by atoms with van der Waals surface area (Å²) in [6.45, 7) is 4.36. The van der Waals surface area contributed by atoms with Crippen LogP contribution in [0.5, 0.6) is 0 Å². The fourth-order valence-corrected chi connectivity index (χ4v) is 8.13. The van der Waals surface area contributed by atoms with Crippen LogP contribution in [0.2, 0.25) is 5.02 Å². The van der Waals surface area contributed by atoms with Crippen molar-refractivity contribution < 1.29 is 14.7 Å². The van der Waals surface area contributed by atoms with Gasteiger partial charge in [0, 0.05) is 22.9 Å². The second-order valence-corrected chi connectivity index (χ2v) is 13.1. The highest BCUT2D eigenvalue weighted by Gasteiger charge is 2.34. The molecule has 1 aliphatic heterocycles. The van der Waals surface area contributed by atoms with E-state index in [4.69, 9.17) is 16.6 Å². The zero-order valence-corrected chi connectivity index (χ0v) is 24.5. The maximum absolute atomic E-state index is 14.1. The third-order valence-electron chi connectivity index (χ3n) is 7.89. The second-order valence-electron chi connectivity index (χ2n) is 10.6. The summed E-state index contributed by atoms with van der Waals surface area (Å²) in [5.74, 6) is -0.834. The first-order valence-corrected chi connectivity index (χ1v) is 15.4. The molecule has 0 spiro atoms. The Morgan fingerprint density at radius 2 is 1.95 bits per heavy atom. The highest BCUT2D eigenvalue weighted by Crippen LogP contribution is 2.37. The van der Waals surface area contributed by atoms with Gasteiger partial charge in [0.05, 0.1) is 16.8 Å². The van der Waals surface area contributed by atoms with Crippen molar-refractivity contribution >= 4 is 56.8 Å². The third kappa shape index (κ3) is 4.84. The van der Waals surface area contributed by atoms with E-state index >= 15 is 0 Å². The van der Waals surface area contributed by atoms with Gasteiger partial charge in [0.15, 0.2) is 5.16 Å². The van der Waals surface area contributed by atoms with Crippen molar-refractivity contribution in [2.24, 2.45) is 5.92 Å². The van der Waals surface area contributed by atoms with E-state index in [1.54, 1.807) is 22.0 Å². The van der Waals surface area contributed by atoms with Gasteiger partial charge < -0.3 is 10.0 Å². The predicted molar refractivity (Wildman–Crippen MR) is 159 cm³/mol. The number of thioether (sulfide) groups is 1. The molecule has 0 saturated carbocycles. The number of thiophene rings is 1. The minimum atomic E-state index is -1.03. The molecule has 2 atom stereocenters. The minimum Gasteiger partial charge on any atom is -0.480 e. The van der Waals surface area contributed by atoms with Crippen molar-refractivity contribution in [3.63, 3.8) is 0 Å². The molecule has 0 radical (unpaired) electrons. The summed E-state index contributed by atoms with van der Waals surface area (Å²) in [7, 11) is 0. The van der Waals surface area contributed by atoms with Crippen molar-refractivity contribution in [1.29, 1.82) is 0 Å². The smallest absolute Gasteiger partial charge is 0.326 e. The van der Waals surface area contributed by atoms with Gasteiger partial charge in [0.2, 0.25) is 5.91 Å². The third-order valence-corrected chi connectivity index (χ3v) is 10.4. The number of aromatic nitrogens is 2. The normalized spacial score (nSPS) is 18.4. The summed E-state index contributed by atoms with van der Waals surface area (Å²) in [4.78, 5) is 47.9. The lowest BCUT2D eigenvalue weighted by Gasteiger charge is -2.34. The highest BCUT2D eigenvalue weighted by atomic mass is 35.5. The Kier molecular flexibility index (Phi) is 7.23. The first kappa shape index (κ1) is 27.1. The molecule has 0 unspecified atom stereocenters. The van der Waals surface area contributed by atoms with Crippen molar-refractivity contribution in [3.8, 4) is 5.69 Å². The predicted octanol–water partition coefficient (Wildman–Crippen LogP) is 5.66. The topological polar surface area (TPSA) is 92.5 Å². The number of aliphatic carboxylic acids is 1. The second kappa shape index (κ2) is 10.7. The van der Waals surface area contributed by atoms with E-state index in [0.717, 1.165) is 53.3 Å². The van der Waals surface area contributed by atoms with E-state index < -0.39 is 12.0 Å². The molecule has 4 aromatic rings. The van der Waals surface area contributed by atoms with Gasteiger partial charge in [0.1, 0.15) is 10.9 Å². The first-order valence-electron chi connectivity index (χ1n) is 13.3. The van der Waals surface area contributed by atoms with Crippen molar-refractivity contribution in [2.45, 2.75) is 57.3 Å². The number of carbonyl (C=O) groups excluding carboxylic acids is 1. The molecule has 1 aliphatic carbocycles. The van der Waals surface area contributed by atoms with Gasteiger partial charge in [-0.1, -0.05) is 60.6 Å². The standard InChI is InChI=1S/C30H28ClN3O4S2/c1-16-7-10-21-24(11-16)40-27-26(21)28(36)34(20-9-8-17(2)22(31)13-20)30(32-27)39-15-25(35)33-14-19-6-4-3-5-18(19)12-23(33)29(37)38/h3-6,8-9,13,16,23H,7,10-12,14-15H2,1-2H3,(H,37,38)/t16-,23-/m1/s1. The van der Waals surface area contributed by atoms with E-state index in [0.29, 0.717) is 32.0 Å². The lowest BCUT2D eigenvalue weighted by molar-refractivity contribution is -0.150. The Labute approximate surface area is 244 Å². The van der Waals surface area contributed by atoms with E-state index in [2.05, 4.69) is 6.92 Å². The molecule has 0 bridgehead atoms. The molecule has 1 amide bonds. The molecule has 6 rings (SSSR count). The van der Waals surface area contributed by atoms with E-state index in [1.165, 1.54) is 9.78 Å². The van der Waals surface area contributed by atoms with Crippen LogP contribution >= 0.6 is 34.7 Å². The Morgan fingerprint density at radius 1 is 1.18 bits per heavy atom. The molecule has 3 heterocycles. The summed E-state index contributed by atoms with van der Waals surface area (Å²) in [5.41, 5.74) is 4.30. The Balaban J connectivity index is 1.39. The quantitative estimate of drug-likeness (QED) is 0.237. The molecule has 2 aliphatic rings. The first-order chi connectivity index (χ1) is 19.2. The van der Waals surface area contributed by atoms with E-state index in [-0.39, 0.29) is 30.2 Å². The molecule has 7 nitrogen and oxygen atoms in total. The molecule has 2 aromatic carbocycles. The summed E-state index contributed by atoms with van der Waals surface area (Å²) in [6, 6.07) is 12.1. The SMILES string of the molecule is Cc1ccc(-n2c(SCC(=O)N3Cc4ccccc4C[C@@H]3C(=O)O)nc3sc4c(c3c2=O)CC[C@@H](C)C4)cc1Cl. The zero-order valence-electron chi connectivity index (χ0n) is 22.1. The number of hydrogen-bond acceptors (Lipinski definition) is 6. The van der Waals surface area contributed by atoms with Crippen LogP contribution in [0.25, 0.3) is 15.9 Å². The molecular formula is C30H28ClN3O4S2. The summed E-state index contributed by atoms with van der Waals surface area (Å²) in [5, 5.41) is 11.5. The number of halogens is 1. The van der Waals surface area contributed by atoms with Gasteiger partial charge >= 0.3 is 5.97 Å². The fourth-order valence-electron chi connectivity index (χ4n) is 5.63. The largest absolute Gasteiger partial charge is 0.480 e. The molecule has 1 N–H and O–H groups in total. The van der Waals surface area contributed by atoms with Crippen LogP contribution in [0.3, 0.4) is 0 Å². The zero-order chi connectivity index (χ0) is 28.1. The summed E-state index contributed by atoms with van der Waals surface area (Å²) in [6.07, 6.45) is 3.07. The number of nitrogens with zero attached hydrogens (tertiary/aromatic N) is 3.